The molecule has 0 bridgehead atoms. The molecule has 0 saturated heterocycles. The van der Waals surface area contributed by atoms with Crippen molar-refractivity contribution in [1.29, 1.82) is 5.26 Å². The average Bonchev–Trinajstić information content (AvgIpc) is 2.72. The van der Waals surface area contributed by atoms with Crippen molar-refractivity contribution >= 4 is 17.4 Å². The van der Waals surface area contributed by atoms with Gasteiger partial charge in [0.2, 0.25) is 0 Å². The van der Waals surface area contributed by atoms with Crippen LogP contribution in [0.1, 0.15) is 27.8 Å². The van der Waals surface area contributed by atoms with Gasteiger partial charge in [-0.25, -0.2) is 0 Å². The predicted molar refractivity (Wildman–Crippen MR) is 120 cm³/mol. The number of phenols is 2. The third kappa shape index (κ3) is 4.78. The zero-order valence-corrected chi connectivity index (χ0v) is 16.6. The Morgan fingerprint density at radius 1 is 1.00 bits per heavy atom. The highest BCUT2D eigenvalue weighted by Crippen LogP contribution is 2.31. The Hall–Kier alpha value is -4.23. The summed E-state index contributed by atoms with van der Waals surface area (Å²) in [6.07, 6.45) is 3.63. The summed E-state index contributed by atoms with van der Waals surface area (Å²) in [7, 11) is 0. The fraction of sp³-hybridized carbons (Fsp3) is 0.0385. The lowest BCUT2D eigenvalue weighted by Crippen LogP contribution is -1.97. The maximum atomic E-state index is 9.85. The molecule has 2 N–H and O–H groups in total. The highest BCUT2D eigenvalue weighted by Gasteiger charge is 2.10. The molecule has 0 fully saturated rings. The van der Waals surface area contributed by atoms with Gasteiger partial charge < -0.3 is 14.9 Å². The van der Waals surface area contributed by atoms with E-state index in [-0.39, 0.29) is 17.1 Å². The number of phenolic OH excluding ortho intramolecular Hbond substituents is 2. The Bertz CT molecular complexity index is 1180. The summed E-state index contributed by atoms with van der Waals surface area (Å²) in [6, 6.07) is 19.2. The fourth-order valence-electron chi connectivity index (χ4n) is 2.85. The lowest BCUT2D eigenvalue weighted by Gasteiger charge is -2.14. The van der Waals surface area contributed by atoms with Crippen LogP contribution in [0.5, 0.6) is 17.2 Å². The standard InChI is InChI=1S/C26H21NO3/c1-17-4-13-24(18(2)5-6-20-7-8-22(16-27)25(29)15-20)26(14-17)30-19(3)21-9-11-23(28)12-10-21/h4-15,28-29H,2-3H2,1H3/b6-5+. The second kappa shape index (κ2) is 8.85. The zero-order valence-electron chi connectivity index (χ0n) is 16.6. The number of rotatable bonds is 6. The molecule has 0 aliphatic heterocycles. The van der Waals surface area contributed by atoms with Crippen LogP contribution in [0.15, 0.2) is 79.9 Å². The second-order valence-corrected chi connectivity index (χ2v) is 6.82. The molecule has 4 heteroatoms. The Morgan fingerprint density at radius 2 is 1.73 bits per heavy atom. The summed E-state index contributed by atoms with van der Waals surface area (Å²) in [4.78, 5) is 0. The highest BCUT2D eigenvalue weighted by molar-refractivity contribution is 5.81. The molecule has 0 spiro atoms. The van der Waals surface area contributed by atoms with Gasteiger partial charge in [0.1, 0.15) is 29.1 Å². The van der Waals surface area contributed by atoms with Gasteiger partial charge in [0, 0.05) is 11.1 Å². The van der Waals surface area contributed by atoms with Gasteiger partial charge in [-0.05, 0) is 66.1 Å². The minimum absolute atomic E-state index is 0.0604. The minimum Gasteiger partial charge on any atom is -0.508 e. The number of aromatic hydroxyl groups is 2. The van der Waals surface area contributed by atoms with E-state index < -0.39 is 0 Å². The van der Waals surface area contributed by atoms with Crippen LogP contribution >= 0.6 is 0 Å². The van der Waals surface area contributed by atoms with Crippen LogP contribution < -0.4 is 4.74 Å². The van der Waals surface area contributed by atoms with Crippen LogP contribution in [0.3, 0.4) is 0 Å². The van der Waals surface area contributed by atoms with Crippen LogP contribution in [-0.2, 0) is 0 Å². The van der Waals surface area contributed by atoms with E-state index in [0.29, 0.717) is 17.1 Å². The Labute approximate surface area is 175 Å². The van der Waals surface area contributed by atoms with Crippen LogP contribution in [0.2, 0.25) is 0 Å². The van der Waals surface area contributed by atoms with Crippen molar-refractivity contribution in [3.8, 4) is 23.3 Å². The molecule has 0 aliphatic rings. The van der Waals surface area contributed by atoms with Gasteiger partial charge >= 0.3 is 0 Å². The normalized spacial score (nSPS) is 10.5. The van der Waals surface area contributed by atoms with Gasteiger partial charge in [0.25, 0.3) is 0 Å². The molecule has 3 rings (SSSR count). The highest BCUT2D eigenvalue weighted by atomic mass is 16.5. The van der Waals surface area contributed by atoms with Crippen molar-refractivity contribution in [3.63, 3.8) is 0 Å². The Kier molecular flexibility index (Phi) is 6.05. The van der Waals surface area contributed by atoms with E-state index in [1.807, 2.05) is 43.3 Å². The molecule has 0 aliphatic carbocycles. The maximum absolute atomic E-state index is 9.85. The molecule has 0 atom stereocenters. The van der Waals surface area contributed by atoms with Gasteiger partial charge in [-0.1, -0.05) is 43.5 Å². The molecule has 3 aromatic carbocycles. The third-order valence-electron chi connectivity index (χ3n) is 4.52. The number of aryl methyl sites for hydroxylation is 1. The molecular weight excluding hydrogens is 374 g/mol. The third-order valence-corrected chi connectivity index (χ3v) is 4.52. The van der Waals surface area contributed by atoms with Gasteiger partial charge in [-0.15, -0.1) is 0 Å². The van der Waals surface area contributed by atoms with E-state index in [1.165, 1.54) is 6.07 Å². The van der Waals surface area contributed by atoms with Crippen LogP contribution in [-0.4, -0.2) is 10.2 Å². The average molecular weight is 395 g/mol. The fourth-order valence-corrected chi connectivity index (χ4v) is 2.85. The van der Waals surface area contributed by atoms with Crippen molar-refractivity contribution < 1.29 is 14.9 Å². The Balaban J connectivity index is 1.84. The van der Waals surface area contributed by atoms with Crippen LogP contribution in [0.4, 0.5) is 0 Å². The van der Waals surface area contributed by atoms with E-state index >= 15 is 0 Å². The summed E-state index contributed by atoms with van der Waals surface area (Å²) in [5.41, 5.74) is 4.28. The SMILES string of the molecule is C=C(Oc1cc(C)ccc1C(=C)/C=C/c1ccc(C#N)c(O)c1)c1ccc(O)cc1. The van der Waals surface area contributed by atoms with Crippen molar-refractivity contribution in [2.75, 3.05) is 0 Å². The van der Waals surface area contributed by atoms with Crippen LogP contribution in [0, 0.1) is 18.3 Å². The number of ether oxygens (including phenoxy) is 1. The maximum Gasteiger partial charge on any atom is 0.135 e. The first-order chi connectivity index (χ1) is 14.4. The van der Waals surface area contributed by atoms with E-state index in [2.05, 4.69) is 13.2 Å². The van der Waals surface area contributed by atoms with Gasteiger partial charge in [0.15, 0.2) is 0 Å². The smallest absolute Gasteiger partial charge is 0.135 e. The Morgan fingerprint density at radius 3 is 2.40 bits per heavy atom. The number of nitriles is 1. The van der Waals surface area contributed by atoms with E-state index in [1.54, 1.807) is 36.4 Å². The minimum atomic E-state index is -0.0604. The van der Waals surface area contributed by atoms with Crippen molar-refractivity contribution in [1.82, 2.24) is 0 Å². The molecule has 0 radical (unpaired) electrons. The van der Waals surface area contributed by atoms with E-state index in [4.69, 9.17) is 10.00 Å². The van der Waals surface area contributed by atoms with Crippen molar-refractivity contribution in [2.24, 2.45) is 0 Å². The molecule has 4 nitrogen and oxygen atoms in total. The first-order valence-corrected chi connectivity index (χ1v) is 9.24. The second-order valence-electron chi connectivity index (χ2n) is 6.82. The van der Waals surface area contributed by atoms with Gasteiger partial charge in [0.05, 0.1) is 5.56 Å². The van der Waals surface area contributed by atoms with Gasteiger partial charge in [-0.3, -0.25) is 0 Å². The van der Waals surface area contributed by atoms with Crippen molar-refractivity contribution in [2.45, 2.75) is 6.92 Å². The molecule has 0 heterocycles. The summed E-state index contributed by atoms with van der Waals surface area (Å²) >= 11 is 0. The quantitative estimate of drug-likeness (QED) is 0.393. The number of nitrogens with zero attached hydrogens (tertiary/aromatic N) is 1. The predicted octanol–water partition coefficient (Wildman–Crippen LogP) is 6.05. The molecule has 0 amide bonds. The van der Waals surface area contributed by atoms with Crippen LogP contribution in [0.25, 0.3) is 17.4 Å². The number of benzene rings is 3. The summed E-state index contributed by atoms with van der Waals surface area (Å²) in [5, 5.41) is 28.2. The monoisotopic (exact) mass is 395 g/mol. The molecule has 3 aromatic rings. The van der Waals surface area contributed by atoms with E-state index in [0.717, 1.165) is 22.3 Å². The topological polar surface area (TPSA) is 73.5 Å². The summed E-state index contributed by atoms with van der Waals surface area (Å²) in [6.45, 7) is 10.1. The first-order valence-electron chi connectivity index (χ1n) is 9.24. The summed E-state index contributed by atoms with van der Waals surface area (Å²) < 4.78 is 6.03. The molecule has 148 valence electrons. The molecular formula is C26H21NO3. The molecule has 0 aromatic heterocycles. The lowest BCUT2D eigenvalue weighted by molar-refractivity contribution is 0.473. The first kappa shape index (κ1) is 20.5. The summed E-state index contributed by atoms with van der Waals surface area (Å²) in [5.74, 6) is 1.19. The number of allylic oxidation sites excluding steroid dienone is 2. The zero-order chi connectivity index (χ0) is 21.7. The van der Waals surface area contributed by atoms with Gasteiger partial charge in [-0.2, -0.15) is 5.26 Å². The molecule has 0 saturated carbocycles. The lowest BCUT2D eigenvalue weighted by atomic mass is 10.0. The largest absolute Gasteiger partial charge is 0.508 e. The number of hydrogen-bond acceptors (Lipinski definition) is 4. The molecule has 0 unspecified atom stereocenters. The van der Waals surface area contributed by atoms with Crippen molar-refractivity contribution in [3.05, 3.63) is 108 Å². The number of hydrogen-bond donors (Lipinski definition) is 2. The molecule has 30 heavy (non-hydrogen) atoms. The van der Waals surface area contributed by atoms with E-state index in [9.17, 15) is 10.2 Å².